The number of pyridine rings is 1. The van der Waals surface area contributed by atoms with Gasteiger partial charge in [0.25, 0.3) is 0 Å². The molecule has 6 nitrogen and oxygen atoms in total. The minimum Gasteiger partial charge on any atom is -0.478 e. The predicted molar refractivity (Wildman–Crippen MR) is 84.6 cm³/mol. The van der Waals surface area contributed by atoms with Crippen molar-refractivity contribution in [2.75, 3.05) is 13.1 Å². The van der Waals surface area contributed by atoms with Crippen LogP contribution in [-0.4, -0.2) is 41.9 Å². The molecule has 0 aliphatic carbocycles. The maximum absolute atomic E-state index is 12.5. The van der Waals surface area contributed by atoms with Crippen LogP contribution in [0.2, 0.25) is 0 Å². The molecule has 1 aromatic carbocycles. The summed E-state index contributed by atoms with van der Waals surface area (Å²) in [6, 6.07) is 7.91. The summed E-state index contributed by atoms with van der Waals surface area (Å²) >= 11 is 0. The van der Waals surface area contributed by atoms with Crippen molar-refractivity contribution in [3.05, 3.63) is 48.3 Å². The second-order valence-electron chi connectivity index (χ2n) is 5.36. The van der Waals surface area contributed by atoms with E-state index in [1.54, 1.807) is 18.2 Å². The number of rotatable bonds is 4. The molecule has 7 heteroatoms. The highest BCUT2D eigenvalue weighted by molar-refractivity contribution is 7.89. The minimum absolute atomic E-state index is 0.0858. The van der Waals surface area contributed by atoms with Crippen LogP contribution < -0.4 is 0 Å². The summed E-state index contributed by atoms with van der Waals surface area (Å²) in [4.78, 5) is 15.3. The van der Waals surface area contributed by atoms with Gasteiger partial charge in [-0.1, -0.05) is 12.1 Å². The first kappa shape index (κ1) is 15.6. The zero-order valence-electron chi connectivity index (χ0n) is 12.3. The fourth-order valence-electron chi connectivity index (χ4n) is 2.70. The van der Waals surface area contributed by atoms with E-state index >= 15 is 0 Å². The number of carboxylic acid groups (broad SMARTS) is 1. The smallest absolute Gasteiger partial charge is 0.337 e. The van der Waals surface area contributed by atoms with Crippen LogP contribution in [0.25, 0.3) is 11.1 Å². The summed E-state index contributed by atoms with van der Waals surface area (Å²) < 4.78 is 26.4. The fourth-order valence-corrected chi connectivity index (χ4v) is 4.22. The Morgan fingerprint density at radius 3 is 2.35 bits per heavy atom. The summed E-state index contributed by atoms with van der Waals surface area (Å²) in [7, 11) is -3.46. The van der Waals surface area contributed by atoms with Crippen molar-refractivity contribution in [1.29, 1.82) is 0 Å². The van der Waals surface area contributed by atoms with Gasteiger partial charge in [-0.25, -0.2) is 13.2 Å². The standard InChI is InChI=1S/C16H16N2O4S/c19-16(20)15-11-17-8-7-14(15)12-3-5-13(6-4-12)23(21,22)18-9-1-2-10-18/h3-8,11H,1-2,9-10H2,(H,19,20). The molecule has 0 radical (unpaired) electrons. The average molecular weight is 332 g/mol. The molecule has 1 saturated heterocycles. The zero-order valence-corrected chi connectivity index (χ0v) is 13.2. The molecule has 120 valence electrons. The molecular formula is C16H16N2O4S. The van der Waals surface area contributed by atoms with Crippen molar-refractivity contribution in [3.8, 4) is 11.1 Å². The highest BCUT2D eigenvalue weighted by atomic mass is 32.2. The highest BCUT2D eigenvalue weighted by Gasteiger charge is 2.27. The number of nitrogens with zero attached hydrogens (tertiary/aromatic N) is 2. The lowest BCUT2D eigenvalue weighted by Gasteiger charge is -2.15. The van der Waals surface area contributed by atoms with E-state index in [9.17, 15) is 18.3 Å². The lowest BCUT2D eigenvalue weighted by Crippen LogP contribution is -2.27. The van der Waals surface area contributed by atoms with Crippen LogP contribution in [0.4, 0.5) is 0 Å². The molecule has 0 bridgehead atoms. The van der Waals surface area contributed by atoms with Crippen LogP contribution in [0.5, 0.6) is 0 Å². The van der Waals surface area contributed by atoms with Gasteiger partial charge in [-0.3, -0.25) is 4.98 Å². The van der Waals surface area contributed by atoms with Gasteiger partial charge in [0, 0.05) is 25.5 Å². The van der Waals surface area contributed by atoms with E-state index in [0.29, 0.717) is 24.2 Å². The van der Waals surface area contributed by atoms with E-state index in [1.165, 1.54) is 28.8 Å². The number of carbonyl (C=O) groups is 1. The monoisotopic (exact) mass is 332 g/mol. The van der Waals surface area contributed by atoms with Crippen LogP contribution in [0, 0.1) is 0 Å². The van der Waals surface area contributed by atoms with Crippen molar-refractivity contribution in [2.45, 2.75) is 17.7 Å². The number of sulfonamides is 1. The number of benzene rings is 1. The van der Waals surface area contributed by atoms with E-state index in [0.717, 1.165) is 12.8 Å². The van der Waals surface area contributed by atoms with Crippen molar-refractivity contribution in [2.24, 2.45) is 0 Å². The van der Waals surface area contributed by atoms with Gasteiger partial charge < -0.3 is 5.11 Å². The molecule has 1 aliphatic heterocycles. The number of aromatic nitrogens is 1. The molecular weight excluding hydrogens is 316 g/mol. The fraction of sp³-hybridized carbons (Fsp3) is 0.250. The van der Waals surface area contributed by atoms with Gasteiger partial charge in [0.05, 0.1) is 10.5 Å². The first-order valence-electron chi connectivity index (χ1n) is 7.28. The van der Waals surface area contributed by atoms with E-state index in [1.807, 2.05) is 0 Å². The Bertz CT molecular complexity index is 825. The third-order valence-electron chi connectivity index (χ3n) is 3.92. The number of hydrogen-bond donors (Lipinski definition) is 1. The topological polar surface area (TPSA) is 87.6 Å². The first-order valence-corrected chi connectivity index (χ1v) is 8.72. The maximum Gasteiger partial charge on any atom is 0.337 e. The van der Waals surface area contributed by atoms with E-state index in [-0.39, 0.29) is 10.5 Å². The Labute approximate surface area is 134 Å². The molecule has 0 atom stereocenters. The summed E-state index contributed by atoms with van der Waals surface area (Å²) in [5.41, 5.74) is 1.24. The van der Waals surface area contributed by atoms with Crippen LogP contribution in [0.1, 0.15) is 23.2 Å². The van der Waals surface area contributed by atoms with Gasteiger partial charge in [0.1, 0.15) is 0 Å². The molecule has 1 fully saturated rings. The lowest BCUT2D eigenvalue weighted by atomic mass is 10.0. The Morgan fingerprint density at radius 1 is 1.09 bits per heavy atom. The summed E-state index contributed by atoms with van der Waals surface area (Å²) in [6.45, 7) is 1.11. The van der Waals surface area contributed by atoms with Crippen LogP contribution in [0.15, 0.2) is 47.6 Å². The Balaban J connectivity index is 1.96. The van der Waals surface area contributed by atoms with E-state index < -0.39 is 16.0 Å². The first-order chi connectivity index (χ1) is 11.0. The average Bonchev–Trinajstić information content (AvgIpc) is 3.10. The second-order valence-corrected chi connectivity index (χ2v) is 7.30. The Kier molecular flexibility index (Phi) is 4.14. The molecule has 0 unspecified atom stereocenters. The number of aromatic carboxylic acids is 1. The molecule has 1 aliphatic rings. The lowest BCUT2D eigenvalue weighted by molar-refractivity contribution is 0.0697. The van der Waals surface area contributed by atoms with Gasteiger partial charge >= 0.3 is 5.97 Å². The van der Waals surface area contributed by atoms with E-state index in [4.69, 9.17) is 0 Å². The van der Waals surface area contributed by atoms with Crippen LogP contribution in [-0.2, 0) is 10.0 Å². The molecule has 2 heterocycles. The van der Waals surface area contributed by atoms with Crippen molar-refractivity contribution in [3.63, 3.8) is 0 Å². The van der Waals surface area contributed by atoms with Crippen molar-refractivity contribution < 1.29 is 18.3 Å². The molecule has 1 aromatic heterocycles. The van der Waals surface area contributed by atoms with Crippen molar-refractivity contribution >= 4 is 16.0 Å². The van der Waals surface area contributed by atoms with Crippen molar-refractivity contribution in [1.82, 2.24) is 9.29 Å². The maximum atomic E-state index is 12.5. The van der Waals surface area contributed by atoms with Gasteiger partial charge in [0.2, 0.25) is 10.0 Å². The van der Waals surface area contributed by atoms with Gasteiger partial charge in [-0.05, 0) is 42.2 Å². The summed E-state index contributed by atoms with van der Waals surface area (Å²) in [5, 5.41) is 9.21. The molecule has 3 rings (SSSR count). The molecule has 0 spiro atoms. The summed E-state index contributed by atoms with van der Waals surface area (Å²) in [5.74, 6) is -1.07. The van der Waals surface area contributed by atoms with Gasteiger partial charge in [-0.2, -0.15) is 4.31 Å². The Morgan fingerprint density at radius 2 is 1.74 bits per heavy atom. The third-order valence-corrected chi connectivity index (χ3v) is 5.83. The predicted octanol–water partition coefficient (Wildman–Crippen LogP) is 2.23. The van der Waals surface area contributed by atoms with E-state index in [2.05, 4.69) is 4.98 Å². The quantitative estimate of drug-likeness (QED) is 0.927. The van der Waals surface area contributed by atoms with Crippen LogP contribution in [0.3, 0.4) is 0 Å². The second kappa shape index (κ2) is 6.10. The SMILES string of the molecule is O=C(O)c1cnccc1-c1ccc(S(=O)(=O)N2CCCC2)cc1. The molecule has 2 aromatic rings. The van der Waals surface area contributed by atoms with Gasteiger partial charge in [-0.15, -0.1) is 0 Å². The largest absolute Gasteiger partial charge is 0.478 e. The molecule has 23 heavy (non-hydrogen) atoms. The molecule has 0 amide bonds. The zero-order chi connectivity index (χ0) is 16.4. The van der Waals surface area contributed by atoms with Gasteiger partial charge in [0.15, 0.2) is 0 Å². The highest BCUT2D eigenvalue weighted by Crippen LogP contribution is 2.26. The number of hydrogen-bond acceptors (Lipinski definition) is 4. The normalized spacial score (nSPS) is 15.7. The molecule has 1 N–H and O–H groups in total. The molecule has 0 saturated carbocycles. The third kappa shape index (κ3) is 2.97. The summed E-state index contributed by atoms with van der Waals surface area (Å²) in [6.07, 6.45) is 4.57. The number of carboxylic acids is 1. The van der Waals surface area contributed by atoms with Crippen LogP contribution >= 0.6 is 0 Å². The Hall–Kier alpha value is -2.25. The minimum atomic E-state index is -3.46.